The van der Waals surface area contributed by atoms with Gasteiger partial charge in [-0.05, 0) is 69.4 Å². The number of carbonyl (C=O) groups is 1. The van der Waals surface area contributed by atoms with Crippen molar-refractivity contribution in [2.75, 3.05) is 53.7 Å². The van der Waals surface area contributed by atoms with E-state index in [9.17, 15) is 9.90 Å². The quantitative estimate of drug-likeness (QED) is 0.686. The van der Waals surface area contributed by atoms with Gasteiger partial charge in [0.1, 0.15) is 0 Å². The average molecular weight is 476 g/mol. The highest BCUT2D eigenvalue weighted by Gasteiger charge is 2.49. The van der Waals surface area contributed by atoms with Crippen molar-refractivity contribution in [1.29, 1.82) is 0 Å². The number of fused-ring (bicyclic) bond motifs is 2. The maximum atomic E-state index is 13.5. The third-order valence-corrected chi connectivity index (χ3v) is 7.20. The Morgan fingerprint density at radius 1 is 1.09 bits per heavy atom. The molecule has 0 aliphatic carbocycles. The molecular formula is C28H33N3O4. The minimum Gasteiger partial charge on any atom is -0.454 e. The summed E-state index contributed by atoms with van der Waals surface area (Å²) in [6, 6.07) is 14.1. The molecule has 0 saturated carbocycles. The highest BCUT2D eigenvalue weighted by molar-refractivity contribution is 5.95. The van der Waals surface area contributed by atoms with Gasteiger partial charge < -0.3 is 19.5 Å². The number of hydrogen-bond donors (Lipinski definition) is 1. The monoisotopic (exact) mass is 475 g/mol. The molecule has 184 valence electrons. The SMILES string of the molecule is CN(C)CC#Cc1ccc([C@@H]2[C@@H](CO)N3CCCCN(C(=O)c4ccc5c(c4)OCO5)C[C@@H]23)cc1. The highest BCUT2D eigenvalue weighted by atomic mass is 16.7. The molecule has 0 radical (unpaired) electrons. The summed E-state index contributed by atoms with van der Waals surface area (Å²) in [5.41, 5.74) is 2.81. The normalized spacial score (nSPS) is 23.5. The Hall–Kier alpha value is -3.05. The van der Waals surface area contributed by atoms with E-state index in [1.54, 1.807) is 6.07 Å². The molecule has 0 unspecified atom stereocenters. The van der Waals surface area contributed by atoms with Crippen LogP contribution in [0, 0.1) is 11.8 Å². The number of rotatable bonds is 4. The van der Waals surface area contributed by atoms with Gasteiger partial charge in [-0.1, -0.05) is 24.0 Å². The molecule has 2 saturated heterocycles. The van der Waals surface area contributed by atoms with E-state index in [4.69, 9.17) is 9.47 Å². The van der Waals surface area contributed by atoms with Crippen LogP contribution in [0.1, 0.15) is 40.2 Å². The molecule has 2 aromatic carbocycles. The molecule has 35 heavy (non-hydrogen) atoms. The van der Waals surface area contributed by atoms with Crippen LogP contribution in [0.4, 0.5) is 0 Å². The highest BCUT2D eigenvalue weighted by Crippen LogP contribution is 2.42. The lowest BCUT2D eigenvalue weighted by Crippen LogP contribution is -2.67. The third kappa shape index (κ3) is 4.87. The number of aliphatic hydroxyl groups excluding tert-OH is 1. The molecule has 0 aromatic heterocycles. The Balaban J connectivity index is 1.34. The number of amides is 1. The van der Waals surface area contributed by atoms with Gasteiger partial charge in [-0.15, -0.1) is 0 Å². The average Bonchev–Trinajstić information content (AvgIpc) is 3.31. The van der Waals surface area contributed by atoms with Crippen LogP contribution in [0.2, 0.25) is 0 Å². The largest absolute Gasteiger partial charge is 0.454 e. The second-order valence-electron chi connectivity index (χ2n) is 9.77. The molecule has 0 bridgehead atoms. The number of aliphatic hydroxyl groups is 1. The van der Waals surface area contributed by atoms with Crippen molar-refractivity contribution in [3.63, 3.8) is 0 Å². The van der Waals surface area contributed by atoms with E-state index in [1.165, 1.54) is 5.56 Å². The van der Waals surface area contributed by atoms with Gasteiger partial charge in [-0.3, -0.25) is 14.6 Å². The molecule has 5 rings (SSSR count). The van der Waals surface area contributed by atoms with Crippen LogP contribution in [0.5, 0.6) is 11.5 Å². The molecule has 2 fully saturated rings. The third-order valence-electron chi connectivity index (χ3n) is 7.20. The zero-order valence-corrected chi connectivity index (χ0v) is 20.4. The fraction of sp³-hybridized carbons (Fsp3) is 0.464. The Bertz CT molecular complexity index is 1120. The fourth-order valence-corrected chi connectivity index (χ4v) is 5.43. The summed E-state index contributed by atoms with van der Waals surface area (Å²) in [6.07, 6.45) is 1.95. The van der Waals surface area contributed by atoms with Gasteiger partial charge in [0.2, 0.25) is 6.79 Å². The van der Waals surface area contributed by atoms with E-state index in [2.05, 4.69) is 41.0 Å². The molecule has 0 spiro atoms. The summed E-state index contributed by atoms with van der Waals surface area (Å²) < 4.78 is 10.9. The van der Waals surface area contributed by atoms with Gasteiger partial charge in [-0.2, -0.15) is 0 Å². The van der Waals surface area contributed by atoms with Crippen LogP contribution in [-0.2, 0) is 0 Å². The van der Waals surface area contributed by atoms with Gasteiger partial charge in [0.05, 0.1) is 13.2 Å². The summed E-state index contributed by atoms with van der Waals surface area (Å²) in [6.45, 7) is 3.35. The zero-order valence-electron chi connectivity index (χ0n) is 20.4. The molecule has 3 heterocycles. The van der Waals surface area contributed by atoms with E-state index in [0.717, 1.165) is 38.0 Å². The van der Waals surface area contributed by atoms with Gasteiger partial charge in [-0.25, -0.2) is 0 Å². The van der Waals surface area contributed by atoms with E-state index in [1.807, 2.05) is 36.0 Å². The first-order chi connectivity index (χ1) is 17.0. The van der Waals surface area contributed by atoms with Gasteiger partial charge in [0.15, 0.2) is 11.5 Å². The topological polar surface area (TPSA) is 65.5 Å². The molecule has 7 nitrogen and oxygen atoms in total. The molecule has 7 heteroatoms. The minimum atomic E-state index is 0.0165. The van der Waals surface area contributed by atoms with Crippen LogP contribution >= 0.6 is 0 Å². The Morgan fingerprint density at radius 3 is 2.63 bits per heavy atom. The second kappa shape index (κ2) is 10.3. The first-order valence-corrected chi connectivity index (χ1v) is 12.3. The molecule has 1 amide bonds. The van der Waals surface area contributed by atoms with Crippen molar-refractivity contribution in [2.45, 2.75) is 30.8 Å². The van der Waals surface area contributed by atoms with Crippen LogP contribution < -0.4 is 9.47 Å². The maximum absolute atomic E-state index is 13.5. The van der Waals surface area contributed by atoms with Crippen LogP contribution in [0.3, 0.4) is 0 Å². The summed E-state index contributed by atoms with van der Waals surface area (Å²) in [5.74, 6) is 7.88. The Labute approximate surface area is 207 Å². The van der Waals surface area contributed by atoms with E-state index in [-0.39, 0.29) is 37.3 Å². The van der Waals surface area contributed by atoms with Gasteiger partial charge >= 0.3 is 0 Å². The lowest BCUT2D eigenvalue weighted by Gasteiger charge is -2.57. The van der Waals surface area contributed by atoms with E-state index in [0.29, 0.717) is 23.6 Å². The molecule has 3 aliphatic rings. The first-order valence-electron chi connectivity index (χ1n) is 12.3. The van der Waals surface area contributed by atoms with Crippen molar-refractivity contribution in [3.05, 3.63) is 59.2 Å². The number of ether oxygens (including phenoxy) is 2. The zero-order chi connectivity index (χ0) is 24.4. The lowest BCUT2D eigenvalue weighted by atomic mass is 9.74. The van der Waals surface area contributed by atoms with E-state index >= 15 is 0 Å². The molecule has 3 aliphatic heterocycles. The van der Waals surface area contributed by atoms with Crippen molar-refractivity contribution in [3.8, 4) is 23.3 Å². The Morgan fingerprint density at radius 2 is 1.86 bits per heavy atom. The summed E-state index contributed by atoms with van der Waals surface area (Å²) in [7, 11) is 4.01. The van der Waals surface area contributed by atoms with Crippen molar-refractivity contribution in [2.24, 2.45) is 0 Å². The fourth-order valence-electron chi connectivity index (χ4n) is 5.43. The van der Waals surface area contributed by atoms with Crippen LogP contribution in [0.15, 0.2) is 42.5 Å². The van der Waals surface area contributed by atoms with E-state index < -0.39 is 0 Å². The van der Waals surface area contributed by atoms with Gasteiger partial charge in [0.25, 0.3) is 5.91 Å². The molecule has 2 aromatic rings. The summed E-state index contributed by atoms with van der Waals surface area (Å²) >= 11 is 0. The number of carbonyl (C=O) groups excluding carboxylic acids is 1. The van der Waals surface area contributed by atoms with Gasteiger partial charge in [0, 0.05) is 42.2 Å². The van der Waals surface area contributed by atoms with Crippen LogP contribution in [-0.4, -0.2) is 91.5 Å². The predicted octanol–water partition coefficient (Wildman–Crippen LogP) is 2.39. The summed E-state index contributed by atoms with van der Waals surface area (Å²) in [4.78, 5) is 19.9. The maximum Gasteiger partial charge on any atom is 0.254 e. The van der Waals surface area contributed by atoms with Crippen LogP contribution in [0.25, 0.3) is 0 Å². The molecular weight excluding hydrogens is 442 g/mol. The number of nitrogens with zero attached hydrogens (tertiary/aromatic N) is 3. The minimum absolute atomic E-state index is 0.0165. The number of hydrogen-bond acceptors (Lipinski definition) is 6. The standard InChI is InChI=1S/C28H33N3O4/c1-29(2)13-5-6-20-7-9-21(10-8-20)27-23-17-30(14-3-4-15-31(23)24(27)18-32)28(33)22-11-12-25-26(16-22)35-19-34-25/h7-12,16,23-24,27,32H,3-4,13-15,17-19H2,1-2H3/t23-,24+,27-/m0/s1. The number of benzene rings is 2. The lowest BCUT2D eigenvalue weighted by molar-refractivity contribution is -0.0606. The van der Waals surface area contributed by atoms with Crippen molar-refractivity contribution >= 4 is 5.91 Å². The van der Waals surface area contributed by atoms with Crippen molar-refractivity contribution in [1.82, 2.24) is 14.7 Å². The Kier molecular flexibility index (Phi) is 6.96. The first kappa shape index (κ1) is 23.7. The molecule has 3 atom stereocenters. The smallest absolute Gasteiger partial charge is 0.254 e. The predicted molar refractivity (Wildman–Crippen MR) is 134 cm³/mol. The summed E-state index contributed by atoms with van der Waals surface area (Å²) in [5, 5.41) is 10.2. The van der Waals surface area contributed by atoms with Crippen molar-refractivity contribution < 1.29 is 19.4 Å². The molecule has 1 N–H and O–H groups in total. The second-order valence-corrected chi connectivity index (χ2v) is 9.77.